The van der Waals surface area contributed by atoms with Crippen molar-refractivity contribution >= 4 is 5.91 Å². The van der Waals surface area contributed by atoms with Crippen molar-refractivity contribution in [1.29, 1.82) is 0 Å². The Labute approximate surface area is 189 Å². The molecule has 1 amide bonds. The Balaban J connectivity index is 1.83. The normalized spacial score (nSPS) is 20.8. The summed E-state index contributed by atoms with van der Waals surface area (Å²) < 4.78 is 22.3. The molecule has 2 aliphatic heterocycles. The number of para-hydroxylation sites is 1. The van der Waals surface area contributed by atoms with Gasteiger partial charge in [-0.05, 0) is 24.6 Å². The first-order chi connectivity index (χ1) is 16.0. The third kappa shape index (κ3) is 3.44. The Morgan fingerprint density at radius 2 is 1.85 bits per heavy atom. The zero-order chi connectivity index (χ0) is 23.1. The molecule has 0 aliphatic carbocycles. The molecule has 2 aromatic carbocycles. The molecule has 8 heteroatoms. The van der Waals surface area contributed by atoms with Crippen LogP contribution in [0, 0.1) is 5.82 Å². The van der Waals surface area contributed by atoms with Gasteiger partial charge in [-0.25, -0.2) is 4.39 Å². The van der Waals surface area contributed by atoms with Gasteiger partial charge in [-0.2, -0.15) is 0 Å². The molecule has 1 aromatic heterocycles. The molecule has 0 saturated carbocycles. The molecule has 0 radical (unpaired) electrons. The summed E-state index contributed by atoms with van der Waals surface area (Å²) in [6.45, 7) is 2.09. The largest absolute Gasteiger partial charge is 0.502 e. The number of pyridine rings is 1. The summed E-state index contributed by atoms with van der Waals surface area (Å²) in [5, 5.41) is 12.4. The van der Waals surface area contributed by atoms with Crippen molar-refractivity contribution in [3.63, 3.8) is 0 Å². The predicted molar refractivity (Wildman–Crippen MR) is 120 cm³/mol. The van der Waals surface area contributed by atoms with Crippen LogP contribution >= 0.6 is 0 Å². The lowest BCUT2D eigenvalue weighted by Crippen LogP contribution is -2.57. The van der Waals surface area contributed by atoms with Crippen molar-refractivity contribution in [3.8, 4) is 11.5 Å². The van der Waals surface area contributed by atoms with Crippen LogP contribution in [0.4, 0.5) is 4.39 Å². The Hall–Kier alpha value is -4.07. The number of rotatable bonds is 1. The van der Waals surface area contributed by atoms with Gasteiger partial charge in [0.2, 0.25) is 5.43 Å². The van der Waals surface area contributed by atoms with Gasteiger partial charge in [0.15, 0.2) is 23.0 Å². The van der Waals surface area contributed by atoms with E-state index in [2.05, 4.69) is 0 Å². The minimum atomic E-state index is -0.644. The number of carbonyl (C=O) groups excluding carboxylic acids is 1. The van der Waals surface area contributed by atoms with Crippen LogP contribution in [0.3, 0.4) is 0 Å². The summed E-state index contributed by atoms with van der Waals surface area (Å²) in [6, 6.07) is 14.4. The zero-order valence-electron chi connectivity index (χ0n) is 17.9. The number of halogens is 1. The number of hydrogen-bond donors (Lipinski definition) is 1. The second-order valence-electron chi connectivity index (χ2n) is 8.03. The topological polar surface area (TPSA) is 75.0 Å². The van der Waals surface area contributed by atoms with Crippen LogP contribution in [0.15, 0.2) is 77.7 Å². The first kappa shape index (κ1) is 20.8. The molecule has 5 rings (SSSR count). The van der Waals surface area contributed by atoms with Crippen LogP contribution in [0.2, 0.25) is 0 Å². The number of ether oxygens (including phenoxy) is 1. The Morgan fingerprint density at radius 3 is 2.64 bits per heavy atom. The third-order valence-corrected chi connectivity index (χ3v) is 6.03. The molecular weight excluding hydrogens is 425 g/mol. The molecule has 168 valence electrons. The van der Waals surface area contributed by atoms with Crippen LogP contribution < -0.4 is 15.2 Å². The molecule has 0 fully saturated rings. The predicted octanol–water partition coefficient (Wildman–Crippen LogP) is 3.17. The van der Waals surface area contributed by atoms with Gasteiger partial charge in [0.25, 0.3) is 5.91 Å². The quantitative estimate of drug-likeness (QED) is 0.580. The lowest BCUT2D eigenvalue weighted by atomic mass is 9.96. The molecule has 2 aliphatic rings. The van der Waals surface area contributed by atoms with E-state index in [0.717, 1.165) is 5.56 Å². The van der Waals surface area contributed by atoms with Crippen molar-refractivity contribution in [2.45, 2.75) is 19.0 Å². The summed E-state index contributed by atoms with van der Waals surface area (Å²) in [5.74, 6) is -1.47. The number of hydrogen-bond acceptors (Lipinski definition) is 5. The fraction of sp³-hybridized carbons (Fsp3) is 0.200. The minimum Gasteiger partial charge on any atom is -0.502 e. The van der Waals surface area contributed by atoms with E-state index in [1.54, 1.807) is 29.2 Å². The number of nitrogens with zero attached hydrogens (tertiary/aromatic N) is 3. The second-order valence-corrected chi connectivity index (χ2v) is 8.03. The van der Waals surface area contributed by atoms with Gasteiger partial charge in [0.1, 0.15) is 19.3 Å². The van der Waals surface area contributed by atoms with Gasteiger partial charge in [-0.1, -0.05) is 48.5 Å². The van der Waals surface area contributed by atoms with Gasteiger partial charge in [-0.15, -0.1) is 0 Å². The number of carbonyl (C=O) groups is 1. The van der Waals surface area contributed by atoms with Crippen molar-refractivity contribution in [1.82, 2.24) is 9.58 Å². The van der Waals surface area contributed by atoms with Crippen LogP contribution in [0.25, 0.3) is 0 Å². The average molecular weight is 447 g/mol. The summed E-state index contributed by atoms with van der Waals surface area (Å²) in [4.78, 5) is 27.1. The summed E-state index contributed by atoms with van der Waals surface area (Å²) in [7, 11) is 0. The fourth-order valence-electron chi connectivity index (χ4n) is 4.40. The highest BCUT2D eigenvalue weighted by Crippen LogP contribution is 2.38. The SMILES string of the molecule is C[C@H]1/C=C\COc2c(F)cccc2[C@H](c2ccccc2)N2CN1C(=O)c1c(O)c(=O)ccn12. The van der Waals surface area contributed by atoms with E-state index < -0.39 is 28.9 Å². The van der Waals surface area contributed by atoms with E-state index in [9.17, 15) is 19.1 Å². The fourth-order valence-corrected chi connectivity index (χ4v) is 4.40. The maximum Gasteiger partial charge on any atom is 0.278 e. The van der Waals surface area contributed by atoms with Gasteiger partial charge >= 0.3 is 0 Å². The van der Waals surface area contributed by atoms with Gasteiger partial charge in [-0.3, -0.25) is 19.3 Å². The van der Waals surface area contributed by atoms with Gasteiger partial charge < -0.3 is 14.7 Å². The molecule has 3 aromatic rings. The van der Waals surface area contributed by atoms with Gasteiger partial charge in [0, 0.05) is 23.9 Å². The number of aromatic hydroxyl groups is 1. The van der Waals surface area contributed by atoms with Crippen LogP contribution in [-0.2, 0) is 0 Å². The molecule has 33 heavy (non-hydrogen) atoms. The molecule has 1 N–H and O–H groups in total. The summed E-state index contributed by atoms with van der Waals surface area (Å²) in [5.41, 5.74) is 0.608. The van der Waals surface area contributed by atoms with E-state index in [0.29, 0.717) is 5.56 Å². The zero-order valence-corrected chi connectivity index (χ0v) is 17.9. The van der Waals surface area contributed by atoms with E-state index >= 15 is 0 Å². The molecule has 0 spiro atoms. The number of aromatic nitrogens is 1. The Kier molecular flexibility index (Phi) is 5.12. The first-order valence-electron chi connectivity index (χ1n) is 10.6. The molecule has 2 bridgehead atoms. The van der Waals surface area contributed by atoms with Gasteiger partial charge in [0.05, 0.1) is 0 Å². The highest BCUT2D eigenvalue weighted by Gasteiger charge is 2.39. The average Bonchev–Trinajstić information content (AvgIpc) is 2.84. The minimum absolute atomic E-state index is 0.112. The third-order valence-electron chi connectivity index (χ3n) is 6.03. The second kappa shape index (κ2) is 8.12. The highest BCUT2D eigenvalue weighted by molar-refractivity contribution is 5.96. The first-order valence-corrected chi connectivity index (χ1v) is 10.6. The lowest BCUT2D eigenvalue weighted by molar-refractivity contribution is 0.0643. The van der Waals surface area contributed by atoms with E-state index in [1.165, 1.54) is 23.0 Å². The summed E-state index contributed by atoms with van der Waals surface area (Å²) >= 11 is 0. The van der Waals surface area contributed by atoms with Crippen molar-refractivity contribution < 1.29 is 19.0 Å². The monoisotopic (exact) mass is 447 g/mol. The smallest absolute Gasteiger partial charge is 0.278 e. The molecule has 7 nitrogen and oxygen atoms in total. The molecule has 0 unspecified atom stereocenters. The van der Waals surface area contributed by atoms with E-state index in [-0.39, 0.29) is 30.8 Å². The summed E-state index contributed by atoms with van der Waals surface area (Å²) in [6.07, 6.45) is 4.98. The Morgan fingerprint density at radius 1 is 1.06 bits per heavy atom. The van der Waals surface area contributed by atoms with Crippen molar-refractivity contribution in [3.05, 3.63) is 106 Å². The number of benzene rings is 2. The molecular formula is C25H22FN3O4. The maximum absolute atomic E-state index is 15.0. The number of amides is 1. The maximum atomic E-state index is 15.0. The molecule has 3 heterocycles. The molecule has 2 atom stereocenters. The highest BCUT2D eigenvalue weighted by atomic mass is 19.1. The van der Waals surface area contributed by atoms with Crippen LogP contribution in [0.5, 0.6) is 11.5 Å². The lowest BCUT2D eigenvalue weighted by Gasteiger charge is -2.45. The van der Waals surface area contributed by atoms with E-state index in [1.807, 2.05) is 42.3 Å². The number of fused-ring (bicyclic) bond motifs is 5. The van der Waals surface area contributed by atoms with Crippen LogP contribution in [-0.4, -0.2) is 39.9 Å². The van der Waals surface area contributed by atoms with Crippen LogP contribution in [0.1, 0.15) is 34.6 Å². The standard InChI is InChI=1S/C25H22FN3O4/c1-16-7-6-14-33-24-18(10-5-11-19(24)26)21(17-8-3-2-4-9-17)29-15-27(16)25(32)22-23(31)20(30)12-13-28(22)29/h2-13,16,21,31H,14-15H2,1H3/b7-6-/t16-,21-/m0/s1. The van der Waals surface area contributed by atoms with E-state index in [4.69, 9.17) is 4.74 Å². The molecule has 0 saturated heterocycles. The van der Waals surface area contributed by atoms with Crippen molar-refractivity contribution in [2.75, 3.05) is 18.3 Å². The Bertz CT molecular complexity index is 1300. The van der Waals surface area contributed by atoms with Crippen molar-refractivity contribution in [2.24, 2.45) is 0 Å².